The molecule has 0 spiro atoms. The van der Waals surface area contributed by atoms with Crippen LogP contribution >= 0.6 is 15.5 Å². The number of esters is 2. The van der Waals surface area contributed by atoms with E-state index in [0.29, 0.717) is 10.8 Å². The number of aliphatic hydroxyl groups excluding tert-OH is 1. The van der Waals surface area contributed by atoms with Gasteiger partial charge in [0.25, 0.3) is 16.8 Å². The monoisotopic (exact) mass is 1470 g/mol. The number of hydrogen-bond acceptors (Lipinski definition) is 21. The van der Waals surface area contributed by atoms with E-state index in [1.54, 1.807) is 36.4 Å². The number of ether oxygens (including phenoxy) is 4. The molecule has 0 saturated carbocycles. The Morgan fingerprint density at radius 1 is 0.670 bits per heavy atom. The molecular weight excluding hydrogens is 1390 g/mol. The molecule has 2 aromatic heterocycles. The fourth-order valence-corrected chi connectivity index (χ4v) is 12.3. The van der Waals surface area contributed by atoms with Crippen LogP contribution in [0.5, 0.6) is 17.2 Å². The van der Waals surface area contributed by atoms with Gasteiger partial charge in [0.2, 0.25) is 0 Å². The van der Waals surface area contributed by atoms with E-state index in [2.05, 4.69) is 24.0 Å². The zero-order chi connectivity index (χ0) is 72.7. The number of carbonyl (C=O) groups excluding carboxylic acids is 2. The summed E-state index contributed by atoms with van der Waals surface area (Å²) < 4.78 is 103. The Balaban J connectivity index is 0.000000326. The van der Waals surface area contributed by atoms with E-state index in [4.69, 9.17) is 42.1 Å². The molecule has 0 bridgehead atoms. The molecule has 0 radical (unpaired) electrons. The maximum absolute atomic E-state index is 15.5. The number of nitro benzene ring substituents is 1. The van der Waals surface area contributed by atoms with Crippen molar-refractivity contribution in [2.75, 3.05) is 26.4 Å². The van der Waals surface area contributed by atoms with Crippen molar-refractivity contribution in [3.8, 4) is 17.2 Å². The van der Waals surface area contributed by atoms with Crippen molar-refractivity contribution in [2.45, 2.75) is 149 Å². The minimum atomic E-state index is -4.44. The fourth-order valence-electron chi connectivity index (χ4n) is 9.26. The summed E-state index contributed by atoms with van der Waals surface area (Å²) in [5.74, 6) is -0.809. The number of alkyl halides is 2. The van der Waals surface area contributed by atoms with Crippen LogP contribution in [0.15, 0.2) is 153 Å². The van der Waals surface area contributed by atoms with E-state index < -0.39 is 128 Å². The zero-order valence-electron chi connectivity index (χ0n) is 57.0. The number of hydrogen-bond donors (Lipinski definition) is 7. The second-order valence-corrected chi connectivity index (χ2v) is 29.0. The van der Waals surface area contributed by atoms with Crippen LogP contribution in [0.1, 0.15) is 101 Å². The molecule has 2 fully saturated rings. The molecule has 4 heterocycles. The van der Waals surface area contributed by atoms with Gasteiger partial charge in [0.05, 0.1) is 31.4 Å². The summed E-state index contributed by atoms with van der Waals surface area (Å²) in [7, 11) is -8.65. The van der Waals surface area contributed by atoms with E-state index in [1.165, 1.54) is 44.5 Å². The molecule has 9 rings (SSSR count). The number of aromatic nitrogens is 4. The summed E-state index contributed by atoms with van der Waals surface area (Å²) in [6.45, 7) is 21.3. The number of aromatic amines is 2. The number of non-ortho nitro benzene ring substituents is 1. The van der Waals surface area contributed by atoms with E-state index >= 15 is 4.39 Å². The molecule has 0 amide bonds. The van der Waals surface area contributed by atoms with Gasteiger partial charge in [-0.2, -0.15) is 16.6 Å². The molecule has 2 aliphatic rings. The molecule has 2 unspecified atom stereocenters. The maximum atomic E-state index is 15.5. The minimum absolute atomic E-state index is 0. The molecule has 28 nitrogen and oxygen atoms in total. The van der Waals surface area contributed by atoms with Gasteiger partial charge in [0.15, 0.2) is 24.8 Å². The normalized spacial score (nSPS) is 21.9. The second kappa shape index (κ2) is 36.6. The Morgan fingerprint density at radius 3 is 1.45 bits per heavy atom. The van der Waals surface area contributed by atoms with Gasteiger partial charge in [0.1, 0.15) is 52.7 Å². The van der Waals surface area contributed by atoms with Crippen molar-refractivity contribution in [3.05, 3.63) is 192 Å². The Kier molecular flexibility index (Phi) is 31.2. The molecule has 7 N–H and O–H groups in total. The number of unbranched alkanes of at least 4 members (excludes halogenated alkanes) is 1. The van der Waals surface area contributed by atoms with E-state index in [1.807, 2.05) is 100 Å². The first-order valence-electron chi connectivity index (χ1n) is 30.9. The summed E-state index contributed by atoms with van der Waals surface area (Å²) in [5, 5.41) is 48.9. The number of nitrogens with one attached hydrogen (secondary N) is 4. The maximum Gasteiger partial charge on any atom is 2.00 e. The van der Waals surface area contributed by atoms with Gasteiger partial charge < -0.3 is 67.2 Å². The summed E-state index contributed by atoms with van der Waals surface area (Å²) >= 11 is 0. The number of nitrogens with zero attached hydrogens (tertiary/aromatic N) is 3. The molecular formula is C66H84ClF2MgN7O21P2. The minimum Gasteiger partial charge on any atom is -1.00 e. The third-order valence-corrected chi connectivity index (χ3v) is 17.7. The summed E-state index contributed by atoms with van der Waals surface area (Å²) in [5.41, 5.74) is -7.94. The van der Waals surface area contributed by atoms with E-state index in [0.717, 1.165) is 64.7 Å². The average Bonchev–Trinajstić information content (AvgIpc) is 1.61. The van der Waals surface area contributed by atoms with Gasteiger partial charge in [0, 0.05) is 47.4 Å². The first-order chi connectivity index (χ1) is 45.8. The number of aliphatic hydroxyl groups is 3. The van der Waals surface area contributed by atoms with Crippen molar-refractivity contribution < 1.29 is 97.2 Å². The second-order valence-electron chi connectivity index (χ2n) is 25.7. The summed E-state index contributed by atoms with van der Waals surface area (Å²) in [4.78, 5) is 85.8. The largest absolute Gasteiger partial charge is 2.00 e. The van der Waals surface area contributed by atoms with Crippen LogP contribution in [-0.2, 0) is 42.2 Å². The van der Waals surface area contributed by atoms with E-state index in [-0.39, 0.29) is 82.4 Å². The van der Waals surface area contributed by atoms with Gasteiger partial charge in [-0.05, 0) is 73.6 Å². The van der Waals surface area contributed by atoms with Crippen molar-refractivity contribution >= 4 is 77.7 Å². The van der Waals surface area contributed by atoms with Crippen molar-refractivity contribution in [3.63, 3.8) is 0 Å². The molecule has 7 aromatic rings. The molecule has 34 heteroatoms. The predicted molar refractivity (Wildman–Crippen MR) is 365 cm³/mol. The van der Waals surface area contributed by atoms with Gasteiger partial charge in [-0.3, -0.25) is 52.9 Å². The first-order valence-corrected chi connectivity index (χ1v) is 34.0. The smallest absolute Gasteiger partial charge is 1.00 e. The van der Waals surface area contributed by atoms with Crippen molar-refractivity contribution in [1.82, 2.24) is 29.3 Å². The first kappa shape index (κ1) is 85.2. The molecule has 0 aliphatic carbocycles. The van der Waals surface area contributed by atoms with Crippen LogP contribution in [0.3, 0.4) is 0 Å². The molecule has 2 aliphatic heterocycles. The van der Waals surface area contributed by atoms with Crippen LogP contribution in [0.4, 0.5) is 14.5 Å². The number of benzene rings is 5. The Hall–Kier alpha value is -7.22. The van der Waals surface area contributed by atoms with Gasteiger partial charge in [-0.25, -0.2) is 27.5 Å². The quantitative estimate of drug-likeness (QED) is 0.0101. The van der Waals surface area contributed by atoms with Crippen molar-refractivity contribution in [1.29, 1.82) is 0 Å². The molecule has 542 valence electrons. The van der Waals surface area contributed by atoms with Gasteiger partial charge in [-0.15, -0.1) is 0 Å². The zero-order valence-corrected chi connectivity index (χ0v) is 61.0. The Bertz CT molecular complexity index is 4220. The van der Waals surface area contributed by atoms with Crippen molar-refractivity contribution in [2.24, 2.45) is 10.8 Å². The number of fused-ring (bicyclic) bond motifs is 2. The number of rotatable bonds is 22. The molecule has 2 saturated heterocycles. The SMILES string of the molecule is C[C@@]1(O)[C@H](F)[C@@H](CO)O[C@H]1n1ccc(=O)[nH]c1=O.C[C@H](NP(=O)(OC[C@H]1O[C@@H](n2ccc(=O)[nH]c2=O)[C@](C)(O)[C@@H]1F)Oc1cccc2ccccc12)C(=O)OCC(C)(C)C.C[C@H](NP(=O)(Oc1ccc([N+](=O)[O-])cc1)Oc1cccc2ccccc12)C(=O)OCC(C)(C)C.[CH2-]CCC.[Cl-].[Mg+2]. The summed E-state index contributed by atoms with van der Waals surface area (Å²) in [6.07, 6.45) is -5.09. The van der Waals surface area contributed by atoms with Crippen LogP contribution in [0.25, 0.3) is 21.5 Å². The third-order valence-electron chi connectivity index (χ3n) is 14.4. The number of carbonyl (C=O) groups is 2. The topological polar surface area (TPSA) is 380 Å². The molecule has 100 heavy (non-hydrogen) atoms. The van der Waals surface area contributed by atoms with Gasteiger partial charge in [-0.1, -0.05) is 128 Å². The van der Waals surface area contributed by atoms with Crippen LogP contribution in [0.2, 0.25) is 0 Å². The van der Waals surface area contributed by atoms with Crippen LogP contribution < -0.4 is 58.7 Å². The standard InChI is InChI=1S/C28H35FN3O9P.C24H27N2O7P.C10H13FN2O5.C4H9.ClH.Mg/c1-17(24(34)38-16-27(2,3)4)31-42(37,41-20-12-8-10-18-9-6-7-11-19(18)20)39-15-21-23(29)28(5,36)25(40-21)32-14-13-22(33)30-26(32)35;1-17(23(27)31-16-24(2,3)4)25-34(30,32-20-14-12-19(13-15-20)26(28)29)33-22-11-7-9-18-8-5-6-10-21(18)22;1-10(17)7(11)5(4-14)18-8(10)13-3-2-6(15)12-9(13)16;1-3-4-2;;/h6-14,17,21,23,25,36H,15-16H2,1-5H3,(H,31,37)(H,30,33,35);5-15,17H,16H2,1-4H3,(H,25,30);2-3,5,7-8,14,17H,4H2,1H3,(H,12,15,16);1,3-4H2,2H3;1H;/q;;;-1;;+2/p-1/t17-,21+,23+,25+,28+,42?;17-,34?;5-,7-,8-,10-;;;/m001.../s1. The summed E-state index contributed by atoms with van der Waals surface area (Å²) in [6, 6.07) is 29.8. The molecule has 12 atom stereocenters. The number of H-pyrrole nitrogens is 2. The predicted octanol–water partition coefficient (Wildman–Crippen LogP) is 6.09. The van der Waals surface area contributed by atoms with Gasteiger partial charge >= 0.3 is 61.9 Å². The average molecular weight is 1470 g/mol. The Morgan fingerprint density at radius 2 is 1.06 bits per heavy atom. The Labute approximate surface area is 597 Å². The molecule has 5 aromatic carbocycles. The van der Waals surface area contributed by atoms with Crippen LogP contribution in [0, 0.1) is 27.9 Å². The van der Waals surface area contributed by atoms with E-state index in [9.17, 15) is 62.6 Å². The number of halogens is 3. The number of nitro groups is 1. The van der Waals surface area contributed by atoms with Crippen LogP contribution in [-0.4, -0.2) is 149 Å². The fraction of sp³-hybridized carbons (Fsp3) is 0.439. The third kappa shape index (κ3) is 23.4.